The van der Waals surface area contributed by atoms with Gasteiger partial charge in [0, 0.05) is 19.0 Å². The van der Waals surface area contributed by atoms with E-state index in [9.17, 15) is 9.59 Å². The van der Waals surface area contributed by atoms with Crippen molar-refractivity contribution in [1.82, 2.24) is 20.1 Å². The molecule has 2 aromatic heterocycles. The maximum absolute atomic E-state index is 13.0. The first kappa shape index (κ1) is 20.5. The van der Waals surface area contributed by atoms with E-state index < -0.39 is 0 Å². The standard InChI is InChI=1S/C23H26N4O2S/c1-14-15(2)26-27(4)22(29)18(14)21-25-16(3)19(30-21)20(28)24-13-23(11-8-12-23)17-9-6-5-7-10-17/h5-7,9-10H,8,11-13H2,1-4H3,(H,24,28). The molecule has 156 valence electrons. The first-order valence-corrected chi connectivity index (χ1v) is 11.0. The SMILES string of the molecule is Cc1nc(-c2c(C)c(C)nn(C)c2=O)sc1C(=O)NCC1(c2ccccc2)CCC1. The van der Waals surface area contributed by atoms with Gasteiger partial charge in [-0.25, -0.2) is 9.67 Å². The lowest BCUT2D eigenvalue weighted by Crippen LogP contribution is -2.45. The van der Waals surface area contributed by atoms with Gasteiger partial charge in [0.1, 0.15) is 9.88 Å². The van der Waals surface area contributed by atoms with Gasteiger partial charge in [-0.15, -0.1) is 11.3 Å². The zero-order valence-corrected chi connectivity index (χ0v) is 18.6. The van der Waals surface area contributed by atoms with Crippen LogP contribution in [0, 0.1) is 20.8 Å². The third-order valence-electron chi connectivity index (χ3n) is 6.23. The minimum atomic E-state index is -0.198. The van der Waals surface area contributed by atoms with Crippen molar-refractivity contribution in [1.29, 1.82) is 0 Å². The number of nitrogens with zero attached hydrogens (tertiary/aromatic N) is 3. The van der Waals surface area contributed by atoms with Crippen LogP contribution in [-0.4, -0.2) is 27.2 Å². The molecule has 0 aliphatic heterocycles. The average molecular weight is 423 g/mol. The Hall–Kier alpha value is -2.80. The van der Waals surface area contributed by atoms with Gasteiger partial charge in [0.25, 0.3) is 11.5 Å². The summed E-state index contributed by atoms with van der Waals surface area (Å²) >= 11 is 1.27. The largest absolute Gasteiger partial charge is 0.350 e. The molecule has 1 saturated carbocycles. The summed E-state index contributed by atoms with van der Waals surface area (Å²) < 4.78 is 1.33. The molecule has 0 unspecified atom stereocenters. The molecular weight excluding hydrogens is 396 g/mol. The minimum absolute atomic E-state index is 0.0209. The number of carbonyl (C=O) groups excluding carboxylic acids is 1. The molecule has 1 amide bonds. The number of amides is 1. The molecule has 0 saturated heterocycles. The van der Waals surface area contributed by atoms with Crippen LogP contribution in [0.4, 0.5) is 0 Å². The third kappa shape index (κ3) is 3.47. The molecule has 1 aliphatic rings. The number of aromatic nitrogens is 3. The number of hydrogen-bond acceptors (Lipinski definition) is 5. The van der Waals surface area contributed by atoms with Gasteiger partial charge < -0.3 is 5.32 Å². The molecule has 0 radical (unpaired) electrons. The van der Waals surface area contributed by atoms with Gasteiger partial charge in [-0.1, -0.05) is 36.8 Å². The van der Waals surface area contributed by atoms with Crippen LogP contribution in [0.25, 0.3) is 10.6 Å². The quantitative estimate of drug-likeness (QED) is 0.680. The van der Waals surface area contributed by atoms with Crippen molar-refractivity contribution in [2.45, 2.75) is 45.4 Å². The Morgan fingerprint density at radius 3 is 2.50 bits per heavy atom. The molecule has 7 heteroatoms. The molecule has 0 bridgehead atoms. The van der Waals surface area contributed by atoms with Crippen molar-refractivity contribution < 1.29 is 4.79 Å². The Kier molecular flexibility index (Phi) is 5.32. The van der Waals surface area contributed by atoms with Crippen molar-refractivity contribution in [2.24, 2.45) is 7.05 Å². The second kappa shape index (κ2) is 7.80. The Labute approximate surface area is 180 Å². The number of thiazole rings is 1. The first-order chi connectivity index (χ1) is 14.3. The van der Waals surface area contributed by atoms with Crippen molar-refractivity contribution in [2.75, 3.05) is 6.54 Å². The number of aryl methyl sites for hydroxylation is 3. The Morgan fingerprint density at radius 2 is 1.87 bits per heavy atom. The fourth-order valence-electron chi connectivity index (χ4n) is 4.11. The van der Waals surface area contributed by atoms with Crippen LogP contribution in [0.15, 0.2) is 35.1 Å². The predicted molar refractivity (Wildman–Crippen MR) is 119 cm³/mol. The van der Waals surface area contributed by atoms with Crippen molar-refractivity contribution in [3.05, 3.63) is 68.1 Å². The number of benzene rings is 1. The fraction of sp³-hybridized carbons (Fsp3) is 0.391. The van der Waals surface area contributed by atoms with Gasteiger partial charge in [0.05, 0.1) is 17.0 Å². The van der Waals surface area contributed by atoms with Gasteiger partial charge in [0.2, 0.25) is 0 Å². The van der Waals surface area contributed by atoms with Gasteiger partial charge in [-0.05, 0) is 44.7 Å². The van der Waals surface area contributed by atoms with Gasteiger partial charge in [-0.2, -0.15) is 5.10 Å². The van der Waals surface area contributed by atoms with Crippen LogP contribution in [0.3, 0.4) is 0 Å². The topological polar surface area (TPSA) is 76.9 Å². The summed E-state index contributed by atoms with van der Waals surface area (Å²) in [6.45, 7) is 6.17. The average Bonchev–Trinajstić information content (AvgIpc) is 3.08. The van der Waals surface area contributed by atoms with Crippen LogP contribution in [0.1, 0.15) is 51.4 Å². The molecule has 6 nitrogen and oxygen atoms in total. The molecule has 4 rings (SSSR count). The van der Waals surface area contributed by atoms with Gasteiger partial charge >= 0.3 is 0 Å². The number of carbonyl (C=O) groups is 1. The van der Waals surface area contributed by atoms with Crippen molar-refractivity contribution in [3.63, 3.8) is 0 Å². The highest BCUT2D eigenvalue weighted by molar-refractivity contribution is 7.17. The Bertz CT molecular complexity index is 1160. The van der Waals surface area contributed by atoms with Crippen LogP contribution in [0.5, 0.6) is 0 Å². The smallest absolute Gasteiger partial charge is 0.277 e. The summed E-state index contributed by atoms with van der Waals surface area (Å²) in [5.41, 5.74) is 3.85. The van der Waals surface area contributed by atoms with Crippen LogP contribution in [0.2, 0.25) is 0 Å². The number of hydrogen-bond donors (Lipinski definition) is 1. The Morgan fingerprint density at radius 1 is 1.17 bits per heavy atom. The fourth-order valence-corrected chi connectivity index (χ4v) is 5.18. The molecular formula is C23H26N4O2S. The normalized spacial score (nSPS) is 14.9. The maximum Gasteiger partial charge on any atom is 0.277 e. The lowest BCUT2D eigenvalue weighted by molar-refractivity contribution is 0.0931. The van der Waals surface area contributed by atoms with Crippen molar-refractivity contribution >= 4 is 17.2 Å². The zero-order valence-electron chi connectivity index (χ0n) is 17.8. The molecule has 0 atom stereocenters. The summed E-state index contributed by atoms with van der Waals surface area (Å²) in [5.74, 6) is -0.126. The van der Waals surface area contributed by atoms with E-state index in [1.807, 2.05) is 26.8 Å². The predicted octanol–water partition coefficient (Wildman–Crippen LogP) is 3.68. The molecule has 3 aromatic rings. The highest BCUT2D eigenvalue weighted by Gasteiger charge is 2.39. The van der Waals surface area contributed by atoms with E-state index in [0.29, 0.717) is 27.7 Å². The second-order valence-electron chi connectivity index (χ2n) is 8.13. The lowest BCUT2D eigenvalue weighted by Gasteiger charge is -2.42. The van der Waals surface area contributed by atoms with E-state index in [4.69, 9.17) is 0 Å². The summed E-state index contributed by atoms with van der Waals surface area (Å²) in [4.78, 5) is 30.8. The van der Waals surface area contributed by atoms with E-state index in [0.717, 1.165) is 24.1 Å². The van der Waals surface area contributed by atoms with Crippen LogP contribution < -0.4 is 10.9 Å². The maximum atomic E-state index is 13.0. The van der Waals surface area contributed by atoms with E-state index in [2.05, 4.69) is 39.7 Å². The molecule has 30 heavy (non-hydrogen) atoms. The van der Waals surface area contributed by atoms with E-state index in [-0.39, 0.29) is 16.9 Å². The monoisotopic (exact) mass is 422 g/mol. The van der Waals surface area contributed by atoms with E-state index in [1.165, 1.54) is 28.0 Å². The zero-order chi connectivity index (χ0) is 21.5. The van der Waals surface area contributed by atoms with E-state index >= 15 is 0 Å². The van der Waals surface area contributed by atoms with Gasteiger partial charge in [-0.3, -0.25) is 9.59 Å². The number of rotatable bonds is 5. The minimum Gasteiger partial charge on any atom is -0.350 e. The lowest BCUT2D eigenvalue weighted by atomic mass is 9.64. The van der Waals surface area contributed by atoms with E-state index in [1.54, 1.807) is 7.05 Å². The third-order valence-corrected chi connectivity index (χ3v) is 7.40. The summed E-state index contributed by atoms with van der Waals surface area (Å²) in [5, 5.41) is 7.93. The highest BCUT2D eigenvalue weighted by Crippen LogP contribution is 2.43. The van der Waals surface area contributed by atoms with Crippen LogP contribution in [-0.2, 0) is 12.5 Å². The summed E-state index contributed by atoms with van der Waals surface area (Å²) in [6, 6.07) is 10.4. The summed E-state index contributed by atoms with van der Waals surface area (Å²) in [6.07, 6.45) is 3.34. The molecule has 1 aliphatic carbocycles. The number of nitrogens with one attached hydrogen (secondary N) is 1. The van der Waals surface area contributed by atoms with Crippen LogP contribution >= 0.6 is 11.3 Å². The summed E-state index contributed by atoms with van der Waals surface area (Å²) in [7, 11) is 1.63. The van der Waals surface area contributed by atoms with Crippen molar-refractivity contribution in [3.8, 4) is 10.6 Å². The highest BCUT2D eigenvalue weighted by atomic mass is 32.1. The second-order valence-corrected chi connectivity index (χ2v) is 9.13. The first-order valence-electron chi connectivity index (χ1n) is 10.2. The molecule has 1 fully saturated rings. The van der Waals surface area contributed by atoms with Gasteiger partial charge in [0.15, 0.2) is 0 Å². The molecule has 0 spiro atoms. The Balaban J connectivity index is 1.59. The molecule has 1 N–H and O–H groups in total. The molecule has 2 heterocycles. The molecule has 1 aromatic carbocycles.